The van der Waals surface area contributed by atoms with E-state index in [1.807, 2.05) is 0 Å². The van der Waals surface area contributed by atoms with E-state index in [2.05, 4.69) is 9.82 Å². The van der Waals surface area contributed by atoms with E-state index in [0.29, 0.717) is 19.5 Å². The summed E-state index contributed by atoms with van der Waals surface area (Å²) < 4.78 is 28.2. The lowest BCUT2D eigenvalue weighted by atomic mass is 10.3. The van der Waals surface area contributed by atoms with Crippen LogP contribution in [-0.2, 0) is 21.9 Å². The van der Waals surface area contributed by atoms with E-state index >= 15 is 0 Å². The quantitative estimate of drug-likeness (QED) is 0.746. The molecule has 112 valence electrons. The van der Waals surface area contributed by atoms with Crippen LogP contribution in [0.1, 0.15) is 19.8 Å². The molecule has 2 rings (SSSR count). The molecule has 1 unspecified atom stereocenters. The van der Waals surface area contributed by atoms with Crippen molar-refractivity contribution in [3.05, 3.63) is 6.20 Å². The van der Waals surface area contributed by atoms with Crippen LogP contribution in [0.5, 0.6) is 0 Å². The number of nitrogens with two attached hydrogens (primary N) is 1. The highest BCUT2D eigenvalue weighted by atomic mass is 32.2. The Morgan fingerprint density at radius 3 is 2.75 bits per heavy atom. The predicted molar refractivity (Wildman–Crippen MR) is 73.2 cm³/mol. The van der Waals surface area contributed by atoms with Crippen molar-refractivity contribution in [3.63, 3.8) is 0 Å². The van der Waals surface area contributed by atoms with Crippen LogP contribution in [0.2, 0.25) is 0 Å². The summed E-state index contributed by atoms with van der Waals surface area (Å²) in [7, 11) is -2.13. The number of anilines is 1. The van der Waals surface area contributed by atoms with Crippen molar-refractivity contribution in [2.75, 3.05) is 18.8 Å². The van der Waals surface area contributed by atoms with Gasteiger partial charge in [-0.1, -0.05) is 0 Å². The predicted octanol–water partition coefficient (Wildman–Crippen LogP) is -0.708. The first-order valence-electron chi connectivity index (χ1n) is 6.39. The molecular weight excluding hydrogens is 282 g/mol. The normalized spacial score (nSPS) is 17.7. The summed E-state index contributed by atoms with van der Waals surface area (Å²) in [5.41, 5.74) is 5.57. The van der Waals surface area contributed by atoms with E-state index in [9.17, 15) is 13.2 Å². The van der Waals surface area contributed by atoms with Crippen molar-refractivity contribution < 1.29 is 13.2 Å². The molecule has 20 heavy (non-hydrogen) atoms. The van der Waals surface area contributed by atoms with E-state index in [-0.39, 0.29) is 22.7 Å². The molecule has 1 aliphatic rings. The first kappa shape index (κ1) is 14.8. The zero-order valence-corrected chi connectivity index (χ0v) is 12.4. The minimum absolute atomic E-state index is 0.0375. The second-order valence-electron chi connectivity index (χ2n) is 5.02. The molecule has 1 aliphatic heterocycles. The van der Waals surface area contributed by atoms with Gasteiger partial charge in [0.15, 0.2) is 5.82 Å². The van der Waals surface area contributed by atoms with E-state index in [0.717, 1.165) is 6.42 Å². The van der Waals surface area contributed by atoms with Gasteiger partial charge in [-0.15, -0.1) is 0 Å². The lowest BCUT2D eigenvalue weighted by Crippen LogP contribution is -2.42. The molecule has 0 aromatic carbocycles. The maximum atomic E-state index is 12.2. The van der Waals surface area contributed by atoms with Crippen LogP contribution < -0.4 is 10.5 Å². The smallest absolute Gasteiger partial charge is 0.246 e. The van der Waals surface area contributed by atoms with Crippen LogP contribution in [0.3, 0.4) is 0 Å². The molecule has 0 radical (unpaired) electrons. The third-order valence-electron chi connectivity index (χ3n) is 3.13. The molecule has 9 heteroatoms. The molecule has 0 saturated carbocycles. The molecule has 8 nitrogen and oxygen atoms in total. The summed E-state index contributed by atoms with van der Waals surface area (Å²) in [6.07, 6.45) is 2.72. The van der Waals surface area contributed by atoms with Gasteiger partial charge in [-0.05, 0) is 13.3 Å². The minimum atomic E-state index is -3.72. The number of aryl methyl sites for hydroxylation is 1. The summed E-state index contributed by atoms with van der Waals surface area (Å²) in [6, 6.07) is -0.387. The zero-order chi connectivity index (χ0) is 14.9. The van der Waals surface area contributed by atoms with Crippen LogP contribution in [0.4, 0.5) is 5.82 Å². The first-order chi connectivity index (χ1) is 9.29. The fourth-order valence-corrected chi connectivity index (χ4v) is 3.62. The van der Waals surface area contributed by atoms with Crippen LogP contribution in [0.15, 0.2) is 11.1 Å². The van der Waals surface area contributed by atoms with Gasteiger partial charge < -0.3 is 10.6 Å². The molecule has 2 heterocycles. The molecule has 0 spiro atoms. The Labute approximate surface area is 118 Å². The molecule has 1 amide bonds. The number of hydrogen-bond donors (Lipinski definition) is 2. The van der Waals surface area contributed by atoms with Crippen LogP contribution in [0.25, 0.3) is 0 Å². The summed E-state index contributed by atoms with van der Waals surface area (Å²) in [5.74, 6) is 0.0291. The van der Waals surface area contributed by atoms with Gasteiger partial charge in [-0.25, -0.2) is 13.1 Å². The third kappa shape index (κ3) is 3.10. The Morgan fingerprint density at radius 1 is 1.55 bits per heavy atom. The summed E-state index contributed by atoms with van der Waals surface area (Å²) in [5, 5.41) is 3.81. The molecule has 1 saturated heterocycles. The number of carbonyl (C=O) groups is 1. The van der Waals surface area contributed by atoms with Crippen LogP contribution in [0, 0.1) is 0 Å². The van der Waals surface area contributed by atoms with Gasteiger partial charge in [-0.2, -0.15) is 5.10 Å². The Kier molecular flexibility index (Phi) is 4.00. The highest BCUT2D eigenvalue weighted by Gasteiger charge is 2.26. The van der Waals surface area contributed by atoms with Crippen LogP contribution >= 0.6 is 0 Å². The van der Waals surface area contributed by atoms with Crippen molar-refractivity contribution >= 4 is 21.7 Å². The Bertz CT molecular complexity index is 610. The van der Waals surface area contributed by atoms with Gasteiger partial charge in [0.05, 0.1) is 0 Å². The number of amides is 1. The fourth-order valence-electron chi connectivity index (χ4n) is 2.28. The Hall–Kier alpha value is -1.61. The number of sulfonamides is 1. The number of aromatic nitrogens is 2. The van der Waals surface area contributed by atoms with Gasteiger partial charge in [0.1, 0.15) is 4.90 Å². The highest BCUT2D eigenvalue weighted by Crippen LogP contribution is 2.16. The second-order valence-corrected chi connectivity index (χ2v) is 6.70. The Morgan fingerprint density at radius 2 is 2.25 bits per heavy atom. The number of nitrogen functional groups attached to an aromatic ring is 1. The molecule has 0 aliphatic carbocycles. The summed E-state index contributed by atoms with van der Waals surface area (Å²) in [6.45, 7) is 2.76. The van der Waals surface area contributed by atoms with E-state index in [4.69, 9.17) is 5.73 Å². The largest absolute Gasteiger partial charge is 0.381 e. The van der Waals surface area contributed by atoms with Crippen LogP contribution in [-0.4, -0.2) is 48.1 Å². The average molecular weight is 301 g/mol. The fraction of sp³-hybridized carbons (Fsp3) is 0.636. The van der Waals surface area contributed by atoms with Crippen molar-refractivity contribution in [3.8, 4) is 0 Å². The first-order valence-corrected chi connectivity index (χ1v) is 7.87. The Balaban J connectivity index is 2.04. The lowest BCUT2D eigenvalue weighted by Gasteiger charge is -2.21. The van der Waals surface area contributed by atoms with Crippen molar-refractivity contribution in [2.45, 2.75) is 30.7 Å². The molecule has 1 aromatic rings. The topological polar surface area (TPSA) is 110 Å². The monoisotopic (exact) mass is 301 g/mol. The molecule has 1 atom stereocenters. The zero-order valence-electron chi connectivity index (χ0n) is 11.5. The minimum Gasteiger partial charge on any atom is -0.381 e. The van der Waals surface area contributed by atoms with Gasteiger partial charge in [-0.3, -0.25) is 9.48 Å². The standard InChI is InChI=1S/C11H19N5O3S/c1-8(6-16-5-3-4-10(16)17)14-20(18,19)9-7-15(2)13-11(9)12/h7-8,14H,3-6H2,1-2H3,(H2,12,13). The lowest BCUT2D eigenvalue weighted by molar-refractivity contribution is -0.127. The van der Waals surface area contributed by atoms with E-state index < -0.39 is 10.0 Å². The SMILES string of the molecule is CC(CN1CCCC1=O)NS(=O)(=O)c1cn(C)nc1N. The molecule has 1 fully saturated rings. The molecule has 0 bridgehead atoms. The maximum Gasteiger partial charge on any atom is 0.246 e. The number of hydrogen-bond acceptors (Lipinski definition) is 5. The number of nitrogens with one attached hydrogen (secondary N) is 1. The number of likely N-dealkylation sites (tertiary alicyclic amines) is 1. The number of carbonyl (C=O) groups excluding carboxylic acids is 1. The summed E-state index contributed by atoms with van der Waals surface area (Å²) in [4.78, 5) is 13.1. The van der Waals surface area contributed by atoms with Crippen molar-refractivity contribution in [2.24, 2.45) is 7.05 Å². The number of nitrogens with zero attached hydrogens (tertiary/aromatic N) is 3. The van der Waals surface area contributed by atoms with Gasteiger partial charge in [0.2, 0.25) is 15.9 Å². The molecule has 1 aromatic heterocycles. The van der Waals surface area contributed by atoms with E-state index in [1.165, 1.54) is 10.9 Å². The van der Waals surface area contributed by atoms with Crippen molar-refractivity contribution in [1.82, 2.24) is 19.4 Å². The van der Waals surface area contributed by atoms with Gasteiger partial charge >= 0.3 is 0 Å². The average Bonchev–Trinajstić information content (AvgIpc) is 2.85. The summed E-state index contributed by atoms with van der Waals surface area (Å²) >= 11 is 0. The third-order valence-corrected chi connectivity index (χ3v) is 4.74. The highest BCUT2D eigenvalue weighted by molar-refractivity contribution is 7.89. The van der Waals surface area contributed by atoms with E-state index in [1.54, 1.807) is 18.9 Å². The molecule has 3 N–H and O–H groups in total. The molecular formula is C11H19N5O3S. The van der Waals surface area contributed by atoms with Crippen molar-refractivity contribution in [1.29, 1.82) is 0 Å². The maximum absolute atomic E-state index is 12.2. The van der Waals surface area contributed by atoms with Gasteiger partial charge in [0, 0.05) is 38.8 Å². The number of rotatable bonds is 5. The second kappa shape index (κ2) is 5.41. The van der Waals surface area contributed by atoms with Gasteiger partial charge in [0.25, 0.3) is 0 Å².